The van der Waals surface area contributed by atoms with Crippen LogP contribution in [0.1, 0.15) is 10.4 Å². The van der Waals surface area contributed by atoms with Gasteiger partial charge in [-0.1, -0.05) is 23.7 Å². The smallest absolute Gasteiger partial charge is 0.207 e. The van der Waals surface area contributed by atoms with Crippen molar-refractivity contribution in [3.8, 4) is 0 Å². The molecule has 7 heteroatoms. The van der Waals surface area contributed by atoms with E-state index >= 15 is 0 Å². The SMILES string of the molecule is O=S(=O)(NCc1ccc(Cl)s1)c1ccc(CCCl)cc1. The van der Waals surface area contributed by atoms with Gasteiger partial charge >= 0.3 is 0 Å². The third-order valence-electron chi connectivity index (χ3n) is 2.68. The molecule has 0 radical (unpaired) electrons. The van der Waals surface area contributed by atoms with E-state index in [1.165, 1.54) is 11.3 Å². The minimum Gasteiger partial charge on any atom is -0.207 e. The van der Waals surface area contributed by atoms with Crippen LogP contribution in [-0.2, 0) is 23.0 Å². The number of rotatable bonds is 6. The Balaban J connectivity index is 2.05. The van der Waals surface area contributed by atoms with Crippen LogP contribution in [0.4, 0.5) is 0 Å². The fraction of sp³-hybridized carbons (Fsp3) is 0.231. The van der Waals surface area contributed by atoms with Gasteiger partial charge in [0.05, 0.1) is 9.23 Å². The van der Waals surface area contributed by atoms with E-state index in [4.69, 9.17) is 23.2 Å². The maximum Gasteiger partial charge on any atom is 0.240 e. The van der Waals surface area contributed by atoms with Gasteiger partial charge < -0.3 is 0 Å². The first-order valence-corrected chi connectivity index (χ1v) is 9.11. The number of aryl methyl sites for hydroxylation is 1. The number of nitrogens with one attached hydrogen (secondary N) is 1. The van der Waals surface area contributed by atoms with E-state index in [0.29, 0.717) is 10.2 Å². The van der Waals surface area contributed by atoms with Crippen molar-refractivity contribution < 1.29 is 8.42 Å². The summed E-state index contributed by atoms with van der Waals surface area (Å²) in [5.74, 6) is 0.517. The maximum absolute atomic E-state index is 12.1. The number of thiophene rings is 1. The summed E-state index contributed by atoms with van der Waals surface area (Å²) in [6.45, 7) is 0.239. The summed E-state index contributed by atoms with van der Waals surface area (Å²) in [6, 6.07) is 10.3. The minimum atomic E-state index is -3.50. The Morgan fingerprint density at radius 2 is 1.80 bits per heavy atom. The van der Waals surface area contributed by atoms with Gasteiger partial charge in [-0.2, -0.15) is 0 Å². The summed E-state index contributed by atoms with van der Waals surface area (Å²) in [6.07, 6.45) is 0.725. The summed E-state index contributed by atoms with van der Waals surface area (Å²) in [5, 5.41) is 0. The molecule has 0 saturated heterocycles. The minimum absolute atomic E-state index is 0.239. The third kappa shape index (κ3) is 4.20. The number of alkyl halides is 1. The lowest BCUT2D eigenvalue weighted by Crippen LogP contribution is -2.22. The molecule has 1 aromatic heterocycles. The topological polar surface area (TPSA) is 46.2 Å². The number of hydrogen-bond donors (Lipinski definition) is 1. The second-order valence-electron chi connectivity index (χ2n) is 4.11. The molecule has 0 unspecified atom stereocenters. The Labute approximate surface area is 132 Å². The van der Waals surface area contributed by atoms with Crippen molar-refractivity contribution in [1.29, 1.82) is 0 Å². The molecule has 0 aliphatic carbocycles. The van der Waals surface area contributed by atoms with Gasteiger partial charge in [0, 0.05) is 17.3 Å². The van der Waals surface area contributed by atoms with E-state index in [-0.39, 0.29) is 11.4 Å². The van der Waals surface area contributed by atoms with Crippen LogP contribution in [0.2, 0.25) is 4.34 Å². The Hall–Kier alpha value is -0.590. The quantitative estimate of drug-likeness (QED) is 0.808. The van der Waals surface area contributed by atoms with E-state index in [1.54, 1.807) is 36.4 Å². The lowest BCUT2D eigenvalue weighted by Gasteiger charge is -2.06. The fourth-order valence-corrected chi connectivity index (χ4v) is 3.98. The molecule has 0 fully saturated rings. The lowest BCUT2D eigenvalue weighted by atomic mass is 10.2. The van der Waals surface area contributed by atoms with E-state index in [1.807, 2.05) is 0 Å². The Kier molecular flexibility index (Phi) is 5.46. The molecule has 0 saturated carbocycles. The molecule has 0 aliphatic heterocycles. The normalized spacial score (nSPS) is 11.7. The zero-order valence-corrected chi connectivity index (χ0v) is 13.6. The molecular formula is C13H13Cl2NO2S2. The monoisotopic (exact) mass is 349 g/mol. The average molecular weight is 350 g/mol. The first-order chi connectivity index (χ1) is 9.51. The highest BCUT2D eigenvalue weighted by atomic mass is 35.5. The summed E-state index contributed by atoms with van der Waals surface area (Å²) in [4.78, 5) is 1.12. The summed E-state index contributed by atoms with van der Waals surface area (Å²) in [7, 11) is -3.50. The second-order valence-corrected chi connectivity index (χ2v) is 8.06. The number of hydrogen-bond acceptors (Lipinski definition) is 3. The number of benzene rings is 1. The standard InChI is InChI=1S/C13H13Cl2NO2S2/c14-8-7-10-1-4-12(5-2-10)20(17,18)16-9-11-3-6-13(15)19-11/h1-6,16H,7-9H2. The predicted molar refractivity (Wildman–Crippen MR) is 84.2 cm³/mol. The number of sulfonamides is 1. The molecular weight excluding hydrogens is 337 g/mol. The highest BCUT2D eigenvalue weighted by Gasteiger charge is 2.13. The van der Waals surface area contributed by atoms with Crippen molar-refractivity contribution in [2.45, 2.75) is 17.9 Å². The van der Waals surface area contributed by atoms with E-state index in [2.05, 4.69) is 4.72 Å². The largest absolute Gasteiger partial charge is 0.240 e. The Morgan fingerprint density at radius 3 is 2.35 bits per heavy atom. The van der Waals surface area contributed by atoms with E-state index in [0.717, 1.165) is 16.9 Å². The van der Waals surface area contributed by atoms with Crippen molar-refractivity contribution >= 4 is 44.6 Å². The van der Waals surface area contributed by atoms with Crippen LogP contribution < -0.4 is 4.72 Å². The van der Waals surface area contributed by atoms with Crippen LogP contribution in [0.3, 0.4) is 0 Å². The van der Waals surface area contributed by atoms with Crippen molar-refractivity contribution in [2.75, 3.05) is 5.88 Å². The molecule has 0 atom stereocenters. The van der Waals surface area contributed by atoms with Gasteiger partial charge in [0.15, 0.2) is 0 Å². The van der Waals surface area contributed by atoms with Crippen LogP contribution in [0.5, 0.6) is 0 Å². The zero-order chi connectivity index (χ0) is 14.6. The van der Waals surface area contributed by atoms with Gasteiger partial charge in [-0.15, -0.1) is 22.9 Å². The molecule has 2 rings (SSSR count). The van der Waals surface area contributed by atoms with Gasteiger partial charge in [0.1, 0.15) is 0 Å². The average Bonchev–Trinajstić information content (AvgIpc) is 2.84. The highest BCUT2D eigenvalue weighted by molar-refractivity contribution is 7.89. The molecule has 1 heterocycles. The first kappa shape index (κ1) is 15.8. The third-order valence-corrected chi connectivity index (χ3v) is 5.52. The van der Waals surface area contributed by atoms with Crippen LogP contribution in [-0.4, -0.2) is 14.3 Å². The zero-order valence-electron chi connectivity index (χ0n) is 10.5. The van der Waals surface area contributed by atoms with Crippen molar-refractivity contribution in [1.82, 2.24) is 4.72 Å². The molecule has 3 nitrogen and oxygen atoms in total. The molecule has 1 N–H and O–H groups in total. The predicted octanol–water partition coefficient (Wildman–Crippen LogP) is 3.66. The van der Waals surface area contributed by atoms with Gasteiger partial charge in [-0.25, -0.2) is 13.1 Å². The molecule has 20 heavy (non-hydrogen) atoms. The molecule has 0 aliphatic rings. The first-order valence-electron chi connectivity index (χ1n) is 5.90. The molecule has 2 aromatic rings. The Bertz CT molecular complexity index is 666. The summed E-state index contributed by atoms with van der Waals surface area (Å²) < 4.78 is 27.4. The second kappa shape index (κ2) is 6.91. The number of halogens is 2. The highest BCUT2D eigenvalue weighted by Crippen LogP contribution is 2.21. The van der Waals surface area contributed by atoms with Crippen LogP contribution in [0.15, 0.2) is 41.3 Å². The van der Waals surface area contributed by atoms with Crippen LogP contribution >= 0.6 is 34.5 Å². The molecule has 108 valence electrons. The maximum atomic E-state index is 12.1. The van der Waals surface area contributed by atoms with Gasteiger partial charge in [0.2, 0.25) is 10.0 Å². The molecule has 1 aromatic carbocycles. The van der Waals surface area contributed by atoms with Crippen molar-refractivity contribution in [3.05, 3.63) is 51.2 Å². The van der Waals surface area contributed by atoms with Crippen molar-refractivity contribution in [2.24, 2.45) is 0 Å². The molecule has 0 spiro atoms. The fourth-order valence-electron chi connectivity index (χ4n) is 1.64. The summed E-state index contributed by atoms with van der Waals surface area (Å²) in [5.41, 5.74) is 1.02. The van der Waals surface area contributed by atoms with E-state index in [9.17, 15) is 8.42 Å². The van der Waals surface area contributed by atoms with Gasteiger partial charge in [0.25, 0.3) is 0 Å². The lowest BCUT2D eigenvalue weighted by molar-refractivity contribution is 0.582. The van der Waals surface area contributed by atoms with E-state index < -0.39 is 10.0 Å². The molecule has 0 amide bonds. The van der Waals surface area contributed by atoms with Crippen LogP contribution in [0.25, 0.3) is 0 Å². The van der Waals surface area contributed by atoms with Gasteiger partial charge in [-0.05, 0) is 36.2 Å². The summed E-state index contributed by atoms with van der Waals surface area (Å²) >= 11 is 12.8. The Morgan fingerprint density at radius 1 is 1.10 bits per heavy atom. The van der Waals surface area contributed by atoms with Crippen molar-refractivity contribution in [3.63, 3.8) is 0 Å². The molecule has 0 bridgehead atoms. The van der Waals surface area contributed by atoms with Gasteiger partial charge in [-0.3, -0.25) is 0 Å². The van der Waals surface area contributed by atoms with Crippen LogP contribution in [0, 0.1) is 0 Å².